The van der Waals surface area contributed by atoms with Crippen LogP contribution in [0.5, 0.6) is 0 Å². The third-order valence-corrected chi connectivity index (χ3v) is 7.15. The molecule has 0 atom stereocenters. The molecule has 2 N–H and O–H groups in total. The first-order chi connectivity index (χ1) is 17.1. The summed E-state index contributed by atoms with van der Waals surface area (Å²) in [4.78, 5) is 23.9. The molecular formula is C27H30N4O4S. The summed E-state index contributed by atoms with van der Waals surface area (Å²) in [5, 5.41) is 6.59. The lowest BCUT2D eigenvalue weighted by Crippen LogP contribution is -2.39. The van der Waals surface area contributed by atoms with Gasteiger partial charge in [-0.3, -0.25) is 9.59 Å². The molecule has 0 aromatic heterocycles. The van der Waals surface area contributed by atoms with Crippen LogP contribution in [-0.2, 0) is 26.2 Å². The van der Waals surface area contributed by atoms with E-state index in [9.17, 15) is 18.0 Å². The largest absolute Gasteiger partial charge is 0.326 e. The Kier molecular flexibility index (Phi) is 9.10. The average Bonchev–Trinajstić information content (AvgIpc) is 2.84. The summed E-state index contributed by atoms with van der Waals surface area (Å²) in [6.07, 6.45) is 1.51. The monoisotopic (exact) mass is 506 g/mol. The van der Waals surface area contributed by atoms with Crippen LogP contribution >= 0.6 is 0 Å². The molecule has 0 aliphatic carbocycles. The van der Waals surface area contributed by atoms with Crippen molar-refractivity contribution in [3.8, 4) is 0 Å². The van der Waals surface area contributed by atoms with E-state index in [1.807, 2.05) is 30.3 Å². The number of benzene rings is 3. The maximum atomic E-state index is 13.4. The molecule has 0 saturated carbocycles. The third-order valence-electron chi connectivity index (χ3n) is 5.34. The number of amides is 2. The lowest BCUT2D eigenvalue weighted by atomic mass is 10.0. The zero-order valence-corrected chi connectivity index (χ0v) is 21.3. The molecule has 0 radical (unpaired) electrons. The van der Waals surface area contributed by atoms with E-state index in [-0.39, 0.29) is 17.3 Å². The molecule has 36 heavy (non-hydrogen) atoms. The van der Waals surface area contributed by atoms with Gasteiger partial charge in [-0.25, -0.2) is 13.8 Å². The number of nitrogens with zero attached hydrogens (tertiary/aromatic N) is 2. The SMILES string of the molecule is CC(=O)Nc1ccc(S(=O)(=O)N(CC(=O)N/N=C\c2ccc(C(C)C)cc2)Cc2ccccc2)cc1. The molecule has 9 heteroatoms. The van der Waals surface area contributed by atoms with Crippen LogP contribution in [0.2, 0.25) is 0 Å². The number of hydrogen-bond donors (Lipinski definition) is 2. The Hall–Kier alpha value is -3.82. The highest BCUT2D eigenvalue weighted by molar-refractivity contribution is 7.89. The average molecular weight is 507 g/mol. The fourth-order valence-corrected chi connectivity index (χ4v) is 4.80. The van der Waals surface area contributed by atoms with E-state index < -0.39 is 22.5 Å². The molecule has 0 heterocycles. The van der Waals surface area contributed by atoms with Gasteiger partial charge in [0.2, 0.25) is 15.9 Å². The maximum absolute atomic E-state index is 13.4. The molecule has 0 aliphatic heterocycles. The Morgan fingerprint density at radius 1 is 0.944 bits per heavy atom. The molecule has 3 aromatic rings. The minimum Gasteiger partial charge on any atom is -0.326 e. The molecular weight excluding hydrogens is 476 g/mol. The van der Waals surface area contributed by atoms with Crippen LogP contribution < -0.4 is 10.7 Å². The van der Waals surface area contributed by atoms with Crippen molar-refractivity contribution in [2.45, 2.75) is 38.1 Å². The number of hydrazone groups is 1. The van der Waals surface area contributed by atoms with Gasteiger partial charge in [0.1, 0.15) is 0 Å². The minimum absolute atomic E-state index is 0.00438. The first-order valence-electron chi connectivity index (χ1n) is 11.5. The summed E-state index contributed by atoms with van der Waals surface area (Å²) in [7, 11) is -4.02. The van der Waals surface area contributed by atoms with Crippen LogP contribution in [0.4, 0.5) is 5.69 Å². The smallest absolute Gasteiger partial charge is 0.255 e. The van der Waals surface area contributed by atoms with Crippen molar-refractivity contribution in [2.24, 2.45) is 5.10 Å². The summed E-state index contributed by atoms with van der Waals surface area (Å²) in [6, 6.07) is 22.6. The van der Waals surface area contributed by atoms with Crippen molar-refractivity contribution in [1.82, 2.24) is 9.73 Å². The van der Waals surface area contributed by atoms with Crippen LogP contribution in [0.25, 0.3) is 0 Å². The van der Waals surface area contributed by atoms with Crippen LogP contribution in [0, 0.1) is 0 Å². The van der Waals surface area contributed by atoms with Crippen molar-refractivity contribution in [3.63, 3.8) is 0 Å². The van der Waals surface area contributed by atoms with Gasteiger partial charge in [-0.2, -0.15) is 9.41 Å². The van der Waals surface area contributed by atoms with Gasteiger partial charge in [0, 0.05) is 19.2 Å². The predicted octanol–water partition coefficient (Wildman–Crippen LogP) is 4.11. The van der Waals surface area contributed by atoms with Crippen molar-refractivity contribution in [3.05, 3.63) is 95.6 Å². The standard InChI is InChI=1S/C27H30N4O4S/c1-20(2)24-11-9-22(10-12-24)17-28-30-27(33)19-31(18-23-7-5-4-6-8-23)36(34,35)26-15-13-25(14-16-26)29-21(3)32/h4-17,20H,18-19H2,1-3H3,(H,29,32)(H,30,33)/b28-17-. The van der Waals surface area contributed by atoms with Gasteiger partial charge in [-0.15, -0.1) is 0 Å². The second-order valence-electron chi connectivity index (χ2n) is 8.58. The highest BCUT2D eigenvalue weighted by Crippen LogP contribution is 2.20. The Balaban J connectivity index is 1.75. The van der Waals surface area contributed by atoms with Gasteiger partial charge in [-0.1, -0.05) is 68.4 Å². The third kappa shape index (κ3) is 7.59. The molecule has 3 rings (SSSR count). The summed E-state index contributed by atoms with van der Waals surface area (Å²) in [5.41, 5.74) is 5.64. The number of sulfonamides is 1. The number of carbonyl (C=O) groups is 2. The molecule has 3 aromatic carbocycles. The summed E-state index contributed by atoms with van der Waals surface area (Å²) >= 11 is 0. The van der Waals surface area contributed by atoms with Crippen LogP contribution in [0.3, 0.4) is 0 Å². The number of hydrogen-bond acceptors (Lipinski definition) is 5. The van der Waals surface area contributed by atoms with Gasteiger partial charge >= 0.3 is 0 Å². The van der Waals surface area contributed by atoms with Gasteiger partial charge in [0.15, 0.2) is 0 Å². The Bertz CT molecular complexity index is 1300. The van der Waals surface area contributed by atoms with Gasteiger partial charge < -0.3 is 5.32 Å². The van der Waals surface area contributed by atoms with Crippen LogP contribution in [0.15, 0.2) is 88.9 Å². The summed E-state index contributed by atoms with van der Waals surface area (Å²) in [6.45, 7) is 5.17. The molecule has 188 valence electrons. The Labute approximate surface area is 212 Å². The molecule has 0 aliphatic rings. The maximum Gasteiger partial charge on any atom is 0.255 e. The second kappa shape index (κ2) is 12.2. The molecule has 0 unspecified atom stereocenters. The number of anilines is 1. The molecule has 0 fully saturated rings. The highest BCUT2D eigenvalue weighted by Gasteiger charge is 2.27. The van der Waals surface area contributed by atoms with Crippen LogP contribution in [0.1, 0.15) is 43.4 Å². The zero-order chi connectivity index (χ0) is 26.1. The quantitative estimate of drug-likeness (QED) is 0.319. The molecule has 0 saturated heterocycles. The van der Waals surface area contributed by atoms with E-state index in [1.54, 1.807) is 24.3 Å². The number of carbonyl (C=O) groups excluding carboxylic acids is 2. The topological polar surface area (TPSA) is 108 Å². The first kappa shape index (κ1) is 26.8. The van der Waals surface area contributed by atoms with Crippen molar-refractivity contribution in [1.29, 1.82) is 0 Å². The Morgan fingerprint density at radius 3 is 2.17 bits per heavy atom. The fourth-order valence-electron chi connectivity index (χ4n) is 3.42. The van der Waals surface area contributed by atoms with Crippen molar-refractivity contribution in [2.75, 3.05) is 11.9 Å². The highest BCUT2D eigenvalue weighted by atomic mass is 32.2. The van der Waals surface area contributed by atoms with Gasteiger partial charge in [0.05, 0.1) is 17.7 Å². The predicted molar refractivity (Wildman–Crippen MR) is 141 cm³/mol. The molecule has 2 amide bonds. The van der Waals surface area contributed by atoms with Crippen molar-refractivity contribution < 1.29 is 18.0 Å². The molecule has 0 bridgehead atoms. The summed E-state index contributed by atoms with van der Waals surface area (Å²) < 4.78 is 27.9. The van der Waals surface area contributed by atoms with Gasteiger partial charge in [-0.05, 0) is 46.9 Å². The van der Waals surface area contributed by atoms with E-state index in [1.165, 1.54) is 43.0 Å². The first-order valence-corrected chi connectivity index (χ1v) is 12.9. The Morgan fingerprint density at radius 2 is 1.58 bits per heavy atom. The normalized spacial score (nSPS) is 11.7. The van der Waals surface area contributed by atoms with Crippen molar-refractivity contribution >= 4 is 33.7 Å². The second-order valence-corrected chi connectivity index (χ2v) is 10.5. The van der Waals surface area contributed by atoms with Crippen LogP contribution in [-0.4, -0.2) is 37.3 Å². The molecule has 8 nitrogen and oxygen atoms in total. The lowest BCUT2D eigenvalue weighted by molar-refractivity contribution is -0.121. The van der Waals surface area contributed by atoms with Gasteiger partial charge in [0.25, 0.3) is 5.91 Å². The minimum atomic E-state index is -4.02. The lowest BCUT2D eigenvalue weighted by Gasteiger charge is -2.21. The summed E-state index contributed by atoms with van der Waals surface area (Å²) in [5.74, 6) is -0.418. The van der Waals surface area contributed by atoms with E-state index in [2.05, 4.69) is 29.7 Å². The van der Waals surface area contributed by atoms with E-state index in [0.29, 0.717) is 11.6 Å². The number of rotatable bonds is 10. The zero-order valence-electron chi connectivity index (χ0n) is 20.5. The number of nitrogens with one attached hydrogen (secondary N) is 2. The fraction of sp³-hybridized carbons (Fsp3) is 0.222. The van der Waals surface area contributed by atoms with E-state index >= 15 is 0 Å². The van der Waals surface area contributed by atoms with E-state index in [4.69, 9.17) is 0 Å². The van der Waals surface area contributed by atoms with E-state index in [0.717, 1.165) is 15.4 Å². The molecule has 0 spiro atoms.